The van der Waals surface area contributed by atoms with Gasteiger partial charge in [0.15, 0.2) is 0 Å². The molecule has 3 aromatic heterocycles. The van der Waals surface area contributed by atoms with Crippen molar-refractivity contribution in [3.8, 4) is 21.8 Å². The molecule has 8 heteroatoms. The standard InChI is InChI=1S/C30H33N5O2S/c1-16(2)27-22-12-19(6-7-23(22)32-28(27)20-10-17(3)31-18(4)11-20)29-33-24-8-9-35(15-25(24)38-29)30(37)21-13-26(36)34(5)14-21/h6-7,10-12,16,21,32H,8-9,13-15H2,1-5H3. The van der Waals surface area contributed by atoms with Crippen molar-refractivity contribution >= 4 is 34.1 Å². The molecule has 1 unspecified atom stereocenters. The SMILES string of the molecule is Cc1cc(-c2[nH]c3ccc(-c4nc5c(s4)CN(C(=O)C4CC(=O)N(C)C4)CC5)cc3c2C(C)C)cc(C)n1. The number of fused-ring (bicyclic) bond motifs is 2. The fourth-order valence-corrected chi connectivity index (χ4v) is 7.07. The summed E-state index contributed by atoms with van der Waals surface area (Å²) in [5.41, 5.74) is 8.98. The van der Waals surface area contributed by atoms with Gasteiger partial charge in [0.2, 0.25) is 11.8 Å². The van der Waals surface area contributed by atoms with E-state index in [4.69, 9.17) is 4.98 Å². The molecule has 1 saturated heterocycles. The Kier molecular flexibility index (Phi) is 6.10. The van der Waals surface area contributed by atoms with E-state index in [0.717, 1.165) is 50.2 Å². The number of carbonyl (C=O) groups is 2. The van der Waals surface area contributed by atoms with E-state index < -0.39 is 0 Å². The zero-order chi connectivity index (χ0) is 26.7. The molecule has 1 aromatic carbocycles. The average Bonchev–Trinajstić information content (AvgIpc) is 3.56. The van der Waals surface area contributed by atoms with E-state index in [-0.39, 0.29) is 17.7 Å². The number of thiazole rings is 1. The number of carbonyl (C=O) groups excluding carboxylic acids is 2. The maximum absolute atomic E-state index is 13.1. The lowest BCUT2D eigenvalue weighted by molar-refractivity contribution is -0.136. The van der Waals surface area contributed by atoms with Crippen LogP contribution in [0.1, 0.15) is 53.7 Å². The molecule has 196 valence electrons. The van der Waals surface area contributed by atoms with Gasteiger partial charge in [-0.25, -0.2) is 4.98 Å². The maximum Gasteiger partial charge on any atom is 0.228 e. The van der Waals surface area contributed by atoms with Crippen LogP contribution in [0.25, 0.3) is 32.7 Å². The van der Waals surface area contributed by atoms with Crippen LogP contribution in [0.4, 0.5) is 0 Å². The van der Waals surface area contributed by atoms with Gasteiger partial charge in [0.1, 0.15) is 5.01 Å². The molecule has 1 fully saturated rings. The van der Waals surface area contributed by atoms with E-state index in [2.05, 4.69) is 54.1 Å². The maximum atomic E-state index is 13.1. The van der Waals surface area contributed by atoms with Gasteiger partial charge in [0.25, 0.3) is 0 Å². The van der Waals surface area contributed by atoms with Crippen LogP contribution < -0.4 is 0 Å². The third-order valence-electron chi connectivity index (χ3n) is 7.77. The summed E-state index contributed by atoms with van der Waals surface area (Å²) in [7, 11) is 1.77. The molecule has 0 bridgehead atoms. The number of benzene rings is 1. The number of rotatable bonds is 4. The second-order valence-corrected chi connectivity index (χ2v) is 12.1. The van der Waals surface area contributed by atoms with Gasteiger partial charge in [-0.2, -0.15) is 0 Å². The predicted octanol–water partition coefficient (Wildman–Crippen LogP) is 5.46. The number of nitrogens with one attached hydrogen (secondary N) is 1. The fraction of sp³-hybridized carbons (Fsp3) is 0.400. The molecular weight excluding hydrogens is 494 g/mol. The van der Waals surface area contributed by atoms with Crippen molar-refractivity contribution in [1.29, 1.82) is 0 Å². The number of H-pyrrole nitrogens is 1. The Morgan fingerprint density at radius 2 is 1.87 bits per heavy atom. The monoisotopic (exact) mass is 527 g/mol. The molecule has 2 aliphatic rings. The molecule has 2 amide bonds. The van der Waals surface area contributed by atoms with Crippen LogP contribution in [0.5, 0.6) is 0 Å². The molecule has 0 aliphatic carbocycles. The van der Waals surface area contributed by atoms with E-state index in [9.17, 15) is 9.59 Å². The van der Waals surface area contributed by atoms with Crippen molar-refractivity contribution in [1.82, 2.24) is 24.8 Å². The molecule has 38 heavy (non-hydrogen) atoms. The van der Waals surface area contributed by atoms with E-state index in [1.54, 1.807) is 23.3 Å². The summed E-state index contributed by atoms with van der Waals surface area (Å²) in [5, 5.41) is 2.22. The number of amides is 2. The molecule has 1 N–H and O–H groups in total. The second kappa shape index (κ2) is 9.34. The smallest absolute Gasteiger partial charge is 0.228 e. The fourth-order valence-electron chi connectivity index (χ4n) is 5.95. The number of likely N-dealkylation sites (tertiary alicyclic amines) is 1. The minimum absolute atomic E-state index is 0.0550. The molecular formula is C30H33N5O2S. The molecule has 2 aliphatic heterocycles. The Morgan fingerprint density at radius 1 is 1.11 bits per heavy atom. The Morgan fingerprint density at radius 3 is 2.55 bits per heavy atom. The normalized spacial score (nSPS) is 17.6. The second-order valence-electron chi connectivity index (χ2n) is 11.0. The minimum atomic E-state index is -0.228. The largest absolute Gasteiger partial charge is 0.354 e. The predicted molar refractivity (Wildman–Crippen MR) is 151 cm³/mol. The first-order valence-corrected chi connectivity index (χ1v) is 14.1. The van der Waals surface area contributed by atoms with Crippen LogP contribution in [0.15, 0.2) is 30.3 Å². The molecule has 5 heterocycles. The first kappa shape index (κ1) is 24.8. The molecule has 0 spiro atoms. The minimum Gasteiger partial charge on any atom is -0.354 e. The van der Waals surface area contributed by atoms with Gasteiger partial charge >= 0.3 is 0 Å². The van der Waals surface area contributed by atoms with Crippen LogP contribution in [-0.2, 0) is 22.6 Å². The number of aryl methyl sites for hydroxylation is 2. The van der Waals surface area contributed by atoms with Gasteiger partial charge in [0, 0.05) is 71.3 Å². The number of aromatic amines is 1. The van der Waals surface area contributed by atoms with Crippen molar-refractivity contribution in [2.75, 3.05) is 20.1 Å². The Bertz CT molecular complexity index is 1560. The highest BCUT2D eigenvalue weighted by Gasteiger charge is 2.36. The van der Waals surface area contributed by atoms with Crippen LogP contribution >= 0.6 is 11.3 Å². The summed E-state index contributed by atoms with van der Waals surface area (Å²) in [6, 6.07) is 10.9. The van der Waals surface area contributed by atoms with Gasteiger partial charge < -0.3 is 14.8 Å². The third kappa shape index (κ3) is 4.30. The van der Waals surface area contributed by atoms with Gasteiger partial charge in [0.05, 0.1) is 23.9 Å². The van der Waals surface area contributed by atoms with E-state index in [1.165, 1.54) is 16.5 Å². The van der Waals surface area contributed by atoms with Crippen LogP contribution in [0, 0.1) is 19.8 Å². The first-order chi connectivity index (χ1) is 18.2. The topological polar surface area (TPSA) is 82.2 Å². The Hall–Kier alpha value is -3.52. The number of hydrogen-bond donors (Lipinski definition) is 1. The van der Waals surface area contributed by atoms with E-state index in [0.29, 0.717) is 32.0 Å². The molecule has 1 atom stereocenters. The lowest BCUT2D eigenvalue weighted by Crippen LogP contribution is -2.40. The van der Waals surface area contributed by atoms with Crippen molar-refractivity contribution in [3.63, 3.8) is 0 Å². The molecule has 4 aromatic rings. The number of pyridine rings is 1. The van der Waals surface area contributed by atoms with Crippen LogP contribution in [0.2, 0.25) is 0 Å². The lowest BCUT2D eigenvalue weighted by atomic mass is 9.95. The van der Waals surface area contributed by atoms with E-state index in [1.807, 2.05) is 18.7 Å². The Balaban J connectivity index is 1.32. The highest BCUT2D eigenvalue weighted by atomic mass is 32.1. The van der Waals surface area contributed by atoms with Crippen molar-refractivity contribution in [2.45, 2.75) is 53.0 Å². The van der Waals surface area contributed by atoms with Crippen molar-refractivity contribution in [2.24, 2.45) is 5.92 Å². The summed E-state index contributed by atoms with van der Waals surface area (Å²) in [6.45, 7) is 10.3. The molecule has 0 saturated carbocycles. The molecule has 6 rings (SSSR count). The Labute approximate surface area is 226 Å². The third-order valence-corrected chi connectivity index (χ3v) is 8.90. The highest BCUT2D eigenvalue weighted by Crippen LogP contribution is 2.39. The van der Waals surface area contributed by atoms with Gasteiger partial charge in [-0.05, 0) is 55.7 Å². The average molecular weight is 528 g/mol. The van der Waals surface area contributed by atoms with Gasteiger partial charge in [-0.1, -0.05) is 13.8 Å². The van der Waals surface area contributed by atoms with Gasteiger partial charge in [-0.15, -0.1) is 11.3 Å². The van der Waals surface area contributed by atoms with E-state index >= 15 is 0 Å². The summed E-state index contributed by atoms with van der Waals surface area (Å²) < 4.78 is 0. The number of nitrogens with zero attached hydrogens (tertiary/aromatic N) is 4. The number of hydrogen-bond acceptors (Lipinski definition) is 5. The quantitative estimate of drug-likeness (QED) is 0.382. The molecule has 0 radical (unpaired) electrons. The zero-order valence-corrected chi connectivity index (χ0v) is 23.4. The van der Waals surface area contributed by atoms with Gasteiger partial charge in [-0.3, -0.25) is 14.6 Å². The van der Waals surface area contributed by atoms with Crippen molar-refractivity contribution in [3.05, 3.63) is 57.9 Å². The summed E-state index contributed by atoms with van der Waals surface area (Å²) in [5.74, 6) is 0.259. The number of aromatic nitrogens is 3. The highest BCUT2D eigenvalue weighted by molar-refractivity contribution is 7.15. The molecule has 7 nitrogen and oxygen atoms in total. The first-order valence-electron chi connectivity index (χ1n) is 13.3. The zero-order valence-electron chi connectivity index (χ0n) is 22.6. The van der Waals surface area contributed by atoms with Crippen molar-refractivity contribution < 1.29 is 9.59 Å². The summed E-state index contributed by atoms with van der Waals surface area (Å²) in [4.78, 5) is 43.0. The lowest BCUT2D eigenvalue weighted by Gasteiger charge is -2.28. The summed E-state index contributed by atoms with van der Waals surface area (Å²) in [6.07, 6.45) is 1.07. The summed E-state index contributed by atoms with van der Waals surface area (Å²) >= 11 is 1.68. The van der Waals surface area contributed by atoms with Crippen LogP contribution in [-0.4, -0.2) is 56.7 Å². The van der Waals surface area contributed by atoms with Crippen LogP contribution in [0.3, 0.4) is 0 Å².